The molecule has 6 nitrogen and oxygen atoms in total. The van der Waals surface area contributed by atoms with Crippen LogP contribution in [0.5, 0.6) is 5.75 Å². The number of ether oxygens (including phenoxy) is 2. The summed E-state index contributed by atoms with van der Waals surface area (Å²) in [4.78, 5) is 15.1. The Kier molecular flexibility index (Phi) is 7.64. The molecule has 0 aliphatic carbocycles. The third kappa shape index (κ3) is 6.62. The van der Waals surface area contributed by atoms with Crippen molar-refractivity contribution in [1.82, 2.24) is 10.3 Å². The van der Waals surface area contributed by atoms with Gasteiger partial charge in [0.25, 0.3) is 0 Å². The summed E-state index contributed by atoms with van der Waals surface area (Å²) < 4.78 is 10.3. The van der Waals surface area contributed by atoms with Gasteiger partial charge in [-0.05, 0) is 31.0 Å². The van der Waals surface area contributed by atoms with Crippen LogP contribution in [0.3, 0.4) is 0 Å². The van der Waals surface area contributed by atoms with Crippen LogP contribution in [0.1, 0.15) is 24.3 Å². The Bertz CT molecular complexity index is 678. The second kappa shape index (κ2) is 9.72. The lowest BCUT2D eigenvalue weighted by molar-refractivity contribution is -0.142. The minimum Gasteiger partial charge on any atom is -0.482 e. The molecule has 0 aliphatic rings. The number of nitrogens with zero attached hydrogens (tertiary/aromatic N) is 1. The average Bonchev–Trinajstić information content (AvgIpc) is 3.05. The molecule has 0 aliphatic heterocycles. The lowest BCUT2D eigenvalue weighted by atomic mass is 10.1. The molecule has 2 atom stereocenters. The van der Waals surface area contributed by atoms with Gasteiger partial charge in [-0.15, -0.1) is 11.3 Å². The van der Waals surface area contributed by atoms with Crippen molar-refractivity contribution in [2.45, 2.75) is 25.5 Å². The molecule has 2 rings (SSSR count). The Morgan fingerprint density at radius 1 is 1.40 bits per heavy atom. The maximum atomic E-state index is 11.0. The first-order chi connectivity index (χ1) is 12.0. The van der Waals surface area contributed by atoms with Crippen molar-refractivity contribution in [2.75, 3.05) is 20.3 Å². The number of esters is 1. The number of carbonyl (C=O) groups excluding carboxylic acids is 1. The zero-order valence-corrected chi connectivity index (χ0v) is 15.6. The van der Waals surface area contributed by atoms with Crippen molar-refractivity contribution in [3.05, 3.63) is 45.4 Å². The van der Waals surface area contributed by atoms with Crippen LogP contribution in [0.15, 0.2) is 29.6 Å². The standard InChI is InChI=1S/C17H21ClN2O4S/c1-11(19-8-15(21)14-10-25-17(18)20-14)7-12-3-5-13(6-4-12)24-9-16(22)23-2/h3-6,10-11,15,19,21H,7-9H2,1-2H3. The van der Waals surface area contributed by atoms with Crippen LogP contribution < -0.4 is 10.1 Å². The van der Waals surface area contributed by atoms with Gasteiger partial charge in [0.2, 0.25) is 0 Å². The summed E-state index contributed by atoms with van der Waals surface area (Å²) in [6.45, 7) is 2.34. The van der Waals surface area contributed by atoms with Crippen LogP contribution in [0.25, 0.3) is 0 Å². The van der Waals surface area contributed by atoms with Gasteiger partial charge < -0.3 is 19.9 Å². The smallest absolute Gasteiger partial charge is 0.343 e. The lowest BCUT2D eigenvalue weighted by Gasteiger charge is -2.16. The number of aromatic nitrogens is 1. The van der Waals surface area contributed by atoms with Gasteiger partial charge in [-0.3, -0.25) is 0 Å². The number of hydrogen-bond donors (Lipinski definition) is 2. The summed E-state index contributed by atoms with van der Waals surface area (Å²) in [5.74, 6) is 0.201. The monoisotopic (exact) mass is 384 g/mol. The largest absolute Gasteiger partial charge is 0.482 e. The summed E-state index contributed by atoms with van der Waals surface area (Å²) in [7, 11) is 1.32. The maximum Gasteiger partial charge on any atom is 0.343 e. The van der Waals surface area contributed by atoms with Gasteiger partial charge in [-0.25, -0.2) is 9.78 Å². The number of hydrogen-bond acceptors (Lipinski definition) is 7. The van der Waals surface area contributed by atoms with E-state index in [1.54, 1.807) is 5.38 Å². The molecule has 1 aromatic heterocycles. The summed E-state index contributed by atoms with van der Waals surface area (Å²) in [5, 5.41) is 15.1. The molecule has 0 bridgehead atoms. The normalized spacial score (nSPS) is 13.3. The van der Waals surface area contributed by atoms with Crippen molar-refractivity contribution in [3.63, 3.8) is 0 Å². The first kappa shape index (κ1) is 19.7. The van der Waals surface area contributed by atoms with E-state index in [1.807, 2.05) is 31.2 Å². The van der Waals surface area contributed by atoms with E-state index < -0.39 is 12.1 Å². The van der Waals surface area contributed by atoms with Gasteiger partial charge in [-0.2, -0.15) is 0 Å². The molecular formula is C17H21ClN2O4S. The van der Waals surface area contributed by atoms with Gasteiger partial charge in [0.05, 0.1) is 12.8 Å². The molecule has 136 valence electrons. The highest BCUT2D eigenvalue weighted by Crippen LogP contribution is 2.20. The predicted octanol–water partition coefficient (Wildman–Crippen LogP) is 2.60. The average molecular weight is 385 g/mol. The molecule has 0 saturated carbocycles. The molecule has 25 heavy (non-hydrogen) atoms. The molecule has 2 N–H and O–H groups in total. The Hall–Kier alpha value is -1.67. The molecule has 0 saturated heterocycles. The van der Waals surface area contributed by atoms with Gasteiger partial charge in [-0.1, -0.05) is 23.7 Å². The molecule has 1 aromatic carbocycles. The Labute approximate surface area is 155 Å². The van der Waals surface area contributed by atoms with Crippen LogP contribution in [0.4, 0.5) is 0 Å². The summed E-state index contributed by atoms with van der Waals surface area (Å²) >= 11 is 7.08. The highest BCUT2D eigenvalue weighted by atomic mass is 35.5. The molecule has 0 spiro atoms. The second-order valence-corrected chi connectivity index (χ2v) is 7.00. The Balaban J connectivity index is 1.76. The number of nitrogens with one attached hydrogen (secondary N) is 1. The van der Waals surface area contributed by atoms with Crippen LogP contribution in [-0.4, -0.2) is 42.4 Å². The molecule has 0 radical (unpaired) electrons. The third-order valence-corrected chi connectivity index (χ3v) is 4.54. The van der Waals surface area contributed by atoms with E-state index >= 15 is 0 Å². The number of aliphatic hydroxyl groups is 1. The van der Waals surface area contributed by atoms with E-state index in [0.717, 1.165) is 12.0 Å². The van der Waals surface area contributed by atoms with E-state index in [2.05, 4.69) is 15.0 Å². The van der Waals surface area contributed by atoms with Gasteiger partial charge in [0.1, 0.15) is 11.9 Å². The molecule has 2 aromatic rings. The molecule has 0 amide bonds. The van der Waals surface area contributed by atoms with E-state index in [-0.39, 0.29) is 12.6 Å². The quantitative estimate of drug-likeness (QED) is 0.647. The van der Waals surface area contributed by atoms with E-state index in [4.69, 9.17) is 16.3 Å². The fourth-order valence-corrected chi connectivity index (χ4v) is 3.00. The summed E-state index contributed by atoms with van der Waals surface area (Å²) in [6, 6.07) is 7.70. The number of methoxy groups -OCH3 is 1. The number of carbonyl (C=O) groups is 1. The first-order valence-electron chi connectivity index (χ1n) is 7.79. The minimum atomic E-state index is -0.680. The number of halogens is 1. The number of rotatable bonds is 9. The second-order valence-electron chi connectivity index (χ2n) is 5.56. The minimum absolute atomic E-state index is 0.105. The number of aliphatic hydroxyl groups excluding tert-OH is 1. The zero-order valence-electron chi connectivity index (χ0n) is 14.1. The van der Waals surface area contributed by atoms with Gasteiger partial charge in [0, 0.05) is 18.0 Å². The van der Waals surface area contributed by atoms with Crippen molar-refractivity contribution in [3.8, 4) is 5.75 Å². The molecule has 0 fully saturated rings. The van der Waals surface area contributed by atoms with E-state index in [9.17, 15) is 9.90 Å². The van der Waals surface area contributed by atoms with Crippen molar-refractivity contribution in [1.29, 1.82) is 0 Å². The maximum absolute atomic E-state index is 11.0. The van der Waals surface area contributed by atoms with Crippen molar-refractivity contribution < 1.29 is 19.4 Å². The van der Waals surface area contributed by atoms with E-state index in [1.165, 1.54) is 18.4 Å². The fourth-order valence-electron chi connectivity index (χ4n) is 2.18. The molecule has 8 heteroatoms. The van der Waals surface area contributed by atoms with E-state index in [0.29, 0.717) is 22.5 Å². The highest BCUT2D eigenvalue weighted by Gasteiger charge is 2.13. The Morgan fingerprint density at radius 3 is 2.72 bits per heavy atom. The molecular weight excluding hydrogens is 364 g/mol. The van der Waals surface area contributed by atoms with Crippen LogP contribution in [0, 0.1) is 0 Å². The van der Waals surface area contributed by atoms with Gasteiger partial charge in [0.15, 0.2) is 11.1 Å². The van der Waals surface area contributed by atoms with Gasteiger partial charge >= 0.3 is 5.97 Å². The summed E-state index contributed by atoms with van der Waals surface area (Å²) in [5.41, 5.74) is 1.71. The van der Waals surface area contributed by atoms with Crippen molar-refractivity contribution >= 4 is 28.9 Å². The SMILES string of the molecule is COC(=O)COc1ccc(CC(C)NCC(O)c2csc(Cl)n2)cc1. The predicted molar refractivity (Wildman–Crippen MR) is 97.2 cm³/mol. The number of thiazole rings is 1. The fraction of sp³-hybridized carbons (Fsp3) is 0.412. The topological polar surface area (TPSA) is 80.7 Å². The molecule has 1 heterocycles. The third-order valence-electron chi connectivity index (χ3n) is 3.54. The van der Waals surface area contributed by atoms with Crippen LogP contribution in [0.2, 0.25) is 4.47 Å². The number of benzene rings is 1. The van der Waals surface area contributed by atoms with Crippen LogP contribution in [-0.2, 0) is 16.0 Å². The first-order valence-corrected chi connectivity index (χ1v) is 9.04. The molecule has 2 unspecified atom stereocenters. The lowest BCUT2D eigenvalue weighted by Crippen LogP contribution is -2.32. The summed E-state index contributed by atoms with van der Waals surface area (Å²) in [6.07, 6.45) is 0.113. The zero-order chi connectivity index (χ0) is 18.2. The van der Waals surface area contributed by atoms with Crippen LogP contribution >= 0.6 is 22.9 Å². The van der Waals surface area contributed by atoms with Crippen molar-refractivity contribution in [2.24, 2.45) is 0 Å². The highest BCUT2D eigenvalue weighted by molar-refractivity contribution is 7.13. The Morgan fingerprint density at radius 2 is 2.12 bits per heavy atom.